The molecule has 0 bridgehead atoms. The molecule has 9 heteroatoms. The normalized spacial score (nSPS) is 20.1. The SMILES string of the molecule is NCc1c(F)cccc1S(=O)(=O)N1CCCS(=O)(=O)CC1. The van der Waals surface area contributed by atoms with Crippen molar-refractivity contribution in [2.75, 3.05) is 24.6 Å². The fraction of sp³-hybridized carbons (Fsp3) is 0.500. The zero-order valence-electron chi connectivity index (χ0n) is 11.3. The molecule has 0 saturated carbocycles. The second-order valence-corrected chi connectivity index (χ2v) is 9.04. The van der Waals surface area contributed by atoms with Crippen molar-refractivity contribution in [2.24, 2.45) is 5.73 Å². The first-order valence-corrected chi connectivity index (χ1v) is 9.72. The summed E-state index contributed by atoms with van der Waals surface area (Å²) in [5.74, 6) is -0.938. The van der Waals surface area contributed by atoms with E-state index in [1.807, 2.05) is 0 Å². The van der Waals surface area contributed by atoms with Gasteiger partial charge in [-0.2, -0.15) is 4.31 Å². The highest BCUT2D eigenvalue weighted by molar-refractivity contribution is 7.91. The molecule has 1 aromatic carbocycles. The molecule has 0 radical (unpaired) electrons. The predicted octanol–water partition coefficient (Wildman–Crippen LogP) is 0.0936. The molecule has 21 heavy (non-hydrogen) atoms. The van der Waals surface area contributed by atoms with Crippen LogP contribution >= 0.6 is 0 Å². The van der Waals surface area contributed by atoms with Gasteiger partial charge < -0.3 is 5.73 Å². The van der Waals surface area contributed by atoms with Gasteiger partial charge in [-0.05, 0) is 18.6 Å². The highest BCUT2D eigenvalue weighted by Crippen LogP contribution is 2.23. The minimum absolute atomic E-state index is 0.0358. The van der Waals surface area contributed by atoms with Crippen molar-refractivity contribution in [2.45, 2.75) is 17.9 Å². The molecule has 0 spiro atoms. The van der Waals surface area contributed by atoms with E-state index in [0.29, 0.717) is 0 Å². The number of nitrogens with two attached hydrogens (primary N) is 1. The molecular formula is C12H17FN2O4S2. The molecule has 0 aliphatic carbocycles. The smallest absolute Gasteiger partial charge is 0.243 e. The molecule has 1 heterocycles. The van der Waals surface area contributed by atoms with Crippen molar-refractivity contribution in [1.29, 1.82) is 0 Å². The first-order chi connectivity index (χ1) is 9.78. The number of sulfone groups is 1. The van der Waals surface area contributed by atoms with E-state index >= 15 is 0 Å². The Morgan fingerprint density at radius 3 is 2.62 bits per heavy atom. The van der Waals surface area contributed by atoms with Crippen molar-refractivity contribution >= 4 is 19.9 Å². The van der Waals surface area contributed by atoms with Crippen LogP contribution in [0.4, 0.5) is 4.39 Å². The Hall–Kier alpha value is -1.03. The first-order valence-electron chi connectivity index (χ1n) is 6.46. The third-order valence-electron chi connectivity index (χ3n) is 3.41. The molecule has 1 aliphatic heterocycles. The molecular weight excluding hydrogens is 319 g/mol. The van der Waals surface area contributed by atoms with E-state index < -0.39 is 25.7 Å². The molecule has 0 aromatic heterocycles. The van der Waals surface area contributed by atoms with Gasteiger partial charge in [0.1, 0.15) is 5.82 Å². The van der Waals surface area contributed by atoms with Crippen LogP contribution < -0.4 is 5.73 Å². The molecule has 0 unspecified atom stereocenters. The summed E-state index contributed by atoms with van der Waals surface area (Å²) in [7, 11) is -7.18. The van der Waals surface area contributed by atoms with Crippen LogP contribution in [0.2, 0.25) is 0 Å². The van der Waals surface area contributed by atoms with E-state index in [0.717, 1.165) is 10.4 Å². The third-order valence-corrected chi connectivity index (χ3v) is 7.11. The topological polar surface area (TPSA) is 97.5 Å². The van der Waals surface area contributed by atoms with Crippen LogP contribution in [0.1, 0.15) is 12.0 Å². The minimum atomic E-state index is -3.95. The van der Waals surface area contributed by atoms with Crippen LogP contribution in [0.15, 0.2) is 23.1 Å². The molecule has 6 nitrogen and oxygen atoms in total. The molecule has 1 aliphatic rings. The lowest BCUT2D eigenvalue weighted by atomic mass is 10.2. The third kappa shape index (κ3) is 3.42. The van der Waals surface area contributed by atoms with E-state index in [1.54, 1.807) is 0 Å². The minimum Gasteiger partial charge on any atom is -0.326 e. The Labute approximate surface area is 123 Å². The summed E-state index contributed by atoms with van der Waals surface area (Å²) in [6.07, 6.45) is 0.231. The molecule has 0 atom stereocenters. The summed E-state index contributed by atoms with van der Waals surface area (Å²) in [6, 6.07) is 3.74. The van der Waals surface area contributed by atoms with E-state index in [-0.39, 0.29) is 48.0 Å². The van der Waals surface area contributed by atoms with Gasteiger partial charge in [0, 0.05) is 25.2 Å². The van der Waals surface area contributed by atoms with Gasteiger partial charge in [0.25, 0.3) is 0 Å². The quantitative estimate of drug-likeness (QED) is 0.844. The fourth-order valence-electron chi connectivity index (χ4n) is 2.27. The zero-order valence-corrected chi connectivity index (χ0v) is 13.0. The number of sulfonamides is 1. The average Bonchev–Trinajstić information content (AvgIpc) is 2.59. The monoisotopic (exact) mass is 336 g/mol. The van der Waals surface area contributed by atoms with Gasteiger partial charge >= 0.3 is 0 Å². The van der Waals surface area contributed by atoms with E-state index in [2.05, 4.69) is 0 Å². The van der Waals surface area contributed by atoms with E-state index in [9.17, 15) is 21.2 Å². The number of benzene rings is 1. The molecule has 0 amide bonds. The van der Waals surface area contributed by atoms with Crippen LogP contribution in [-0.4, -0.2) is 45.7 Å². The van der Waals surface area contributed by atoms with Crippen molar-refractivity contribution in [3.05, 3.63) is 29.6 Å². The maximum atomic E-state index is 13.7. The maximum Gasteiger partial charge on any atom is 0.243 e. The number of hydrogen-bond acceptors (Lipinski definition) is 5. The summed E-state index contributed by atoms with van der Waals surface area (Å²) in [5.41, 5.74) is 5.35. The number of hydrogen-bond donors (Lipinski definition) is 1. The zero-order chi connectivity index (χ0) is 15.7. The lowest BCUT2D eigenvalue weighted by molar-refractivity contribution is 0.433. The molecule has 1 aromatic rings. The summed E-state index contributed by atoms with van der Waals surface area (Å²) in [6.45, 7) is -0.263. The molecule has 118 valence electrons. The van der Waals surface area contributed by atoms with Gasteiger partial charge in [0.05, 0.1) is 16.4 Å². The molecule has 2 N–H and O–H groups in total. The van der Waals surface area contributed by atoms with E-state index in [1.165, 1.54) is 12.1 Å². The summed E-state index contributed by atoms with van der Waals surface area (Å²) < 4.78 is 63.1. The van der Waals surface area contributed by atoms with Crippen molar-refractivity contribution < 1.29 is 21.2 Å². The fourth-order valence-corrected chi connectivity index (χ4v) is 5.38. The van der Waals surface area contributed by atoms with Gasteiger partial charge in [0.2, 0.25) is 10.0 Å². The summed E-state index contributed by atoms with van der Waals surface area (Å²) in [5, 5.41) is 0. The second kappa shape index (κ2) is 5.99. The summed E-state index contributed by atoms with van der Waals surface area (Å²) >= 11 is 0. The van der Waals surface area contributed by atoms with E-state index in [4.69, 9.17) is 5.73 Å². The lowest BCUT2D eigenvalue weighted by Crippen LogP contribution is -2.34. The standard InChI is InChI=1S/C12H17FN2O4S2/c13-11-3-1-4-12(10(11)9-14)21(18,19)15-5-2-7-20(16,17)8-6-15/h1,3-4H,2,5-9,14H2. The average molecular weight is 336 g/mol. The van der Waals surface area contributed by atoms with Crippen molar-refractivity contribution in [3.63, 3.8) is 0 Å². The second-order valence-electron chi connectivity index (χ2n) is 4.83. The van der Waals surface area contributed by atoms with Gasteiger partial charge in [-0.3, -0.25) is 0 Å². The number of halogens is 1. The maximum absolute atomic E-state index is 13.7. The Balaban J connectivity index is 2.41. The van der Waals surface area contributed by atoms with Crippen LogP contribution in [-0.2, 0) is 26.4 Å². The van der Waals surface area contributed by atoms with Gasteiger partial charge in [0.15, 0.2) is 9.84 Å². The summed E-state index contributed by atoms with van der Waals surface area (Å²) in [4.78, 5) is -0.190. The van der Waals surface area contributed by atoms with Crippen molar-refractivity contribution in [3.8, 4) is 0 Å². The lowest BCUT2D eigenvalue weighted by Gasteiger charge is -2.21. The van der Waals surface area contributed by atoms with Gasteiger partial charge in [-0.15, -0.1) is 0 Å². The van der Waals surface area contributed by atoms with Crippen LogP contribution in [0, 0.1) is 5.82 Å². The van der Waals surface area contributed by atoms with Crippen molar-refractivity contribution in [1.82, 2.24) is 4.31 Å². The highest BCUT2D eigenvalue weighted by Gasteiger charge is 2.31. The molecule has 1 fully saturated rings. The Bertz CT molecular complexity index is 732. The van der Waals surface area contributed by atoms with Gasteiger partial charge in [-0.25, -0.2) is 21.2 Å². The Morgan fingerprint density at radius 2 is 1.95 bits per heavy atom. The number of rotatable bonds is 3. The Kier molecular flexibility index (Phi) is 4.66. The first kappa shape index (κ1) is 16.3. The largest absolute Gasteiger partial charge is 0.326 e. The van der Waals surface area contributed by atoms with Gasteiger partial charge in [-0.1, -0.05) is 6.07 Å². The number of nitrogens with zero attached hydrogens (tertiary/aromatic N) is 1. The molecule has 1 saturated heterocycles. The Morgan fingerprint density at radius 1 is 1.24 bits per heavy atom. The molecule has 2 rings (SSSR count). The van der Waals surface area contributed by atoms with Crippen LogP contribution in [0.3, 0.4) is 0 Å². The van der Waals surface area contributed by atoms with Crippen LogP contribution in [0.25, 0.3) is 0 Å². The predicted molar refractivity (Wildman–Crippen MR) is 76.3 cm³/mol. The highest BCUT2D eigenvalue weighted by atomic mass is 32.2. The van der Waals surface area contributed by atoms with Crippen LogP contribution in [0.5, 0.6) is 0 Å².